The van der Waals surface area contributed by atoms with Crippen molar-refractivity contribution in [2.75, 3.05) is 47.0 Å². The summed E-state index contributed by atoms with van der Waals surface area (Å²) in [5.41, 5.74) is 1.12. The Balaban J connectivity index is 1.67. The topological polar surface area (TPSA) is 42.0 Å². The standard InChI is InChI=1S/C17H26N2O3S/c1-21-7-6-18-10-14-15(11-18)19(5-3-16(14)22-2)17(20)9-13-4-8-23-12-13/h4,8,12,14-16H,3,5-7,9-11H2,1-2H3/t14-,15+,16-/m0/s1. The van der Waals surface area contributed by atoms with E-state index in [9.17, 15) is 4.79 Å². The summed E-state index contributed by atoms with van der Waals surface area (Å²) in [4.78, 5) is 17.3. The van der Waals surface area contributed by atoms with Gasteiger partial charge in [0.1, 0.15) is 0 Å². The number of hydrogen-bond acceptors (Lipinski definition) is 5. The number of rotatable bonds is 6. The Morgan fingerprint density at radius 3 is 2.96 bits per heavy atom. The van der Waals surface area contributed by atoms with Crippen molar-refractivity contribution in [1.29, 1.82) is 0 Å². The van der Waals surface area contributed by atoms with E-state index >= 15 is 0 Å². The zero-order valence-corrected chi connectivity index (χ0v) is 14.8. The predicted octanol–water partition coefficient (Wildman–Crippen LogP) is 1.48. The van der Waals surface area contributed by atoms with Gasteiger partial charge in [0.05, 0.1) is 25.2 Å². The summed E-state index contributed by atoms with van der Waals surface area (Å²) < 4.78 is 10.9. The third-order valence-corrected chi connectivity index (χ3v) is 5.84. The second-order valence-corrected chi connectivity index (χ2v) is 7.22. The van der Waals surface area contributed by atoms with Crippen LogP contribution in [0.2, 0.25) is 0 Å². The van der Waals surface area contributed by atoms with Crippen LogP contribution in [0.25, 0.3) is 0 Å². The van der Waals surface area contributed by atoms with Crippen LogP contribution in [0.1, 0.15) is 12.0 Å². The molecule has 3 rings (SSSR count). The number of amides is 1. The quantitative estimate of drug-likeness (QED) is 0.788. The van der Waals surface area contributed by atoms with Crippen LogP contribution in [0.15, 0.2) is 16.8 Å². The number of piperidine rings is 1. The number of thiophene rings is 1. The van der Waals surface area contributed by atoms with Crippen molar-refractivity contribution in [2.24, 2.45) is 5.92 Å². The molecule has 0 aliphatic carbocycles. The van der Waals surface area contributed by atoms with Gasteiger partial charge in [0.2, 0.25) is 5.91 Å². The van der Waals surface area contributed by atoms with Gasteiger partial charge < -0.3 is 14.4 Å². The Kier molecular flexibility index (Phi) is 5.69. The monoisotopic (exact) mass is 338 g/mol. The highest BCUT2D eigenvalue weighted by Crippen LogP contribution is 2.32. The van der Waals surface area contributed by atoms with Gasteiger partial charge in [0, 0.05) is 46.3 Å². The number of nitrogens with zero attached hydrogens (tertiary/aromatic N) is 2. The van der Waals surface area contributed by atoms with Gasteiger partial charge in [-0.15, -0.1) is 0 Å². The van der Waals surface area contributed by atoms with Gasteiger partial charge in [-0.05, 0) is 28.8 Å². The normalized spacial score (nSPS) is 28.1. The Morgan fingerprint density at radius 1 is 1.39 bits per heavy atom. The maximum absolute atomic E-state index is 12.8. The molecule has 0 bridgehead atoms. The van der Waals surface area contributed by atoms with Crippen LogP contribution in [0.3, 0.4) is 0 Å². The number of methoxy groups -OCH3 is 2. The Hall–Kier alpha value is -0.950. The van der Waals surface area contributed by atoms with Crippen molar-refractivity contribution in [1.82, 2.24) is 9.80 Å². The van der Waals surface area contributed by atoms with Crippen molar-refractivity contribution >= 4 is 17.2 Å². The molecule has 0 unspecified atom stereocenters. The van der Waals surface area contributed by atoms with E-state index in [1.165, 1.54) is 0 Å². The molecule has 2 fully saturated rings. The number of carbonyl (C=O) groups excluding carboxylic acids is 1. The van der Waals surface area contributed by atoms with E-state index < -0.39 is 0 Å². The minimum Gasteiger partial charge on any atom is -0.383 e. The van der Waals surface area contributed by atoms with Gasteiger partial charge in [-0.25, -0.2) is 0 Å². The Bertz CT molecular complexity index is 508. The lowest BCUT2D eigenvalue weighted by Crippen LogP contribution is -2.54. The minimum atomic E-state index is 0.251. The van der Waals surface area contributed by atoms with Crippen LogP contribution in [0.4, 0.5) is 0 Å². The van der Waals surface area contributed by atoms with Crippen LogP contribution in [-0.2, 0) is 20.7 Å². The molecule has 2 aliphatic heterocycles. The van der Waals surface area contributed by atoms with Crippen LogP contribution in [0.5, 0.6) is 0 Å². The van der Waals surface area contributed by atoms with E-state index in [-0.39, 0.29) is 18.1 Å². The lowest BCUT2D eigenvalue weighted by Gasteiger charge is -2.41. The molecule has 1 amide bonds. The van der Waals surface area contributed by atoms with Crippen molar-refractivity contribution < 1.29 is 14.3 Å². The summed E-state index contributed by atoms with van der Waals surface area (Å²) in [6.07, 6.45) is 1.71. The van der Waals surface area contributed by atoms with Gasteiger partial charge in [0.15, 0.2) is 0 Å². The van der Waals surface area contributed by atoms with Crippen LogP contribution >= 0.6 is 11.3 Å². The van der Waals surface area contributed by atoms with Crippen LogP contribution in [-0.4, -0.2) is 74.9 Å². The fraction of sp³-hybridized carbons (Fsp3) is 0.706. The molecule has 0 spiro atoms. The van der Waals surface area contributed by atoms with Gasteiger partial charge in [-0.3, -0.25) is 9.69 Å². The van der Waals surface area contributed by atoms with Crippen molar-refractivity contribution in [3.05, 3.63) is 22.4 Å². The summed E-state index contributed by atoms with van der Waals surface area (Å²) in [6, 6.07) is 2.32. The SMILES string of the molecule is COCCN1C[C@@H]2[C@@H](OC)CCN(C(=O)Cc3ccsc3)[C@@H]2C1. The zero-order valence-electron chi connectivity index (χ0n) is 13.9. The highest BCUT2D eigenvalue weighted by atomic mass is 32.1. The molecule has 0 radical (unpaired) electrons. The first-order valence-electron chi connectivity index (χ1n) is 8.27. The molecular formula is C17H26N2O3S. The maximum atomic E-state index is 12.8. The summed E-state index contributed by atoms with van der Waals surface area (Å²) in [5, 5.41) is 4.10. The molecule has 1 aromatic heterocycles. The first-order chi connectivity index (χ1) is 11.2. The molecule has 128 valence electrons. The first kappa shape index (κ1) is 16.9. The summed E-state index contributed by atoms with van der Waals surface area (Å²) in [7, 11) is 3.53. The van der Waals surface area contributed by atoms with Crippen LogP contribution < -0.4 is 0 Å². The Labute approximate surface area is 142 Å². The van der Waals surface area contributed by atoms with E-state index in [1.54, 1.807) is 25.6 Å². The van der Waals surface area contributed by atoms with Crippen molar-refractivity contribution in [2.45, 2.75) is 25.0 Å². The van der Waals surface area contributed by atoms with Crippen LogP contribution in [0, 0.1) is 5.92 Å². The minimum absolute atomic E-state index is 0.251. The third kappa shape index (κ3) is 3.76. The molecule has 1 aromatic rings. The summed E-state index contributed by atoms with van der Waals surface area (Å²) >= 11 is 1.65. The number of ether oxygens (including phenoxy) is 2. The third-order valence-electron chi connectivity index (χ3n) is 5.11. The second-order valence-electron chi connectivity index (χ2n) is 6.44. The lowest BCUT2D eigenvalue weighted by molar-refractivity contribution is -0.138. The molecular weight excluding hydrogens is 312 g/mol. The smallest absolute Gasteiger partial charge is 0.227 e. The molecule has 0 N–H and O–H groups in total. The summed E-state index contributed by atoms with van der Waals surface area (Å²) in [6.45, 7) is 4.39. The largest absolute Gasteiger partial charge is 0.383 e. The predicted molar refractivity (Wildman–Crippen MR) is 90.7 cm³/mol. The Morgan fingerprint density at radius 2 is 2.26 bits per heavy atom. The first-order valence-corrected chi connectivity index (χ1v) is 9.22. The molecule has 3 atom stereocenters. The fourth-order valence-electron chi connectivity index (χ4n) is 3.91. The highest BCUT2D eigenvalue weighted by Gasteiger charge is 2.45. The molecule has 3 heterocycles. The molecule has 0 aromatic carbocycles. The van der Waals surface area contributed by atoms with Gasteiger partial charge >= 0.3 is 0 Å². The van der Waals surface area contributed by atoms with E-state index in [1.807, 2.05) is 11.4 Å². The average Bonchev–Trinajstić information content (AvgIpc) is 3.20. The number of hydrogen-bond donors (Lipinski definition) is 0. The average molecular weight is 338 g/mol. The maximum Gasteiger partial charge on any atom is 0.227 e. The number of carbonyl (C=O) groups is 1. The van der Waals surface area contributed by atoms with Gasteiger partial charge in [-0.1, -0.05) is 0 Å². The van der Waals surface area contributed by atoms with E-state index in [0.717, 1.165) is 44.8 Å². The number of likely N-dealkylation sites (tertiary alicyclic amines) is 2. The molecule has 2 saturated heterocycles. The molecule has 5 nitrogen and oxygen atoms in total. The second kappa shape index (κ2) is 7.75. The van der Waals surface area contributed by atoms with Crippen molar-refractivity contribution in [3.63, 3.8) is 0 Å². The molecule has 23 heavy (non-hydrogen) atoms. The van der Waals surface area contributed by atoms with Crippen molar-refractivity contribution in [3.8, 4) is 0 Å². The lowest BCUT2D eigenvalue weighted by atomic mass is 9.88. The van der Waals surface area contributed by atoms with E-state index in [2.05, 4.69) is 15.2 Å². The summed E-state index contributed by atoms with van der Waals surface area (Å²) in [5.74, 6) is 0.665. The highest BCUT2D eigenvalue weighted by molar-refractivity contribution is 7.07. The molecule has 2 aliphatic rings. The fourth-order valence-corrected chi connectivity index (χ4v) is 4.58. The molecule has 0 saturated carbocycles. The zero-order chi connectivity index (χ0) is 16.2. The van der Waals surface area contributed by atoms with Gasteiger partial charge in [0.25, 0.3) is 0 Å². The van der Waals surface area contributed by atoms with E-state index in [4.69, 9.17) is 9.47 Å². The van der Waals surface area contributed by atoms with E-state index in [0.29, 0.717) is 12.3 Å². The molecule has 6 heteroatoms. The van der Waals surface area contributed by atoms with Gasteiger partial charge in [-0.2, -0.15) is 11.3 Å². The number of fused-ring (bicyclic) bond motifs is 1.